The smallest absolute Gasteiger partial charge is 0.0438 e. The molecule has 0 spiro atoms. The lowest BCUT2D eigenvalue weighted by molar-refractivity contribution is 0.288. The van der Waals surface area contributed by atoms with Crippen LogP contribution in [-0.4, -0.2) is 4.98 Å². The average molecular weight is 189 g/mol. The molecular formula is C13H19N. The van der Waals surface area contributed by atoms with E-state index in [9.17, 15) is 0 Å². The van der Waals surface area contributed by atoms with Gasteiger partial charge in [-0.25, -0.2) is 0 Å². The normalized spacial score (nSPS) is 21.8. The molecule has 0 bridgehead atoms. The molecule has 14 heavy (non-hydrogen) atoms. The fourth-order valence-electron chi connectivity index (χ4n) is 2.51. The van der Waals surface area contributed by atoms with E-state index in [-0.39, 0.29) is 0 Å². The van der Waals surface area contributed by atoms with Crippen molar-refractivity contribution >= 4 is 0 Å². The highest BCUT2D eigenvalue weighted by Gasteiger charge is 2.30. The molecule has 0 saturated carbocycles. The predicted octanol–water partition coefficient (Wildman–Crippen LogP) is 3.55. The molecule has 0 saturated heterocycles. The molecule has 1 unspecified atom stereocenters. The molecule has 1 aromatic heterocycles. The Hall–Kier alpha value is -0.850. The van der Waals surface area contributed by atoms with Gasteiger partial charge in [0.15, 0.2) is 0 Å². The molecule has 1 nitrogen and oxygen atoms in total. The third kappa shape index (κ3) is 1.68. The van der Waals surface area contributed by atoms with Gasteiger partial charge >= 0.3 is 0 Å². The molecule has 2 rings (SSSR count). The number of nitrogens with zero attached hydrogens (tertiary/aromatic N) is 1. The van der Waals surface area contributed by atoms with Crippen LogP contribution in [0, 0.1) is 5.41 Å². The van der Waals surface area contributed by atoms with E-state index in [2.05, 4.69) is 37.9 Å². The zero-order valence-electron chi connectivity index (χ0n) is 9.38. The van der Waals surface area contributed by atoms with Crippen molar-refractivity contribution < 1.29 is 0 Å². The van der Waals surface area contributed by atoms with E-state index in [4.69, 9.17) is 0 Å². The summed E-state index contributed by atoms with van der Waals surface area (Å²) in [7, 11) is 0. The summed E-state index contributed by atoms with van der Waals surface area (Å²) in [5.74, 6) is 0.694. The van der Waals surface area contributed by atoms with E-state index in [1.807, 2.05) is 6.20 Å². The minimum atomic E-state index is 0.373. The maximum absolute atomic E-state index is 4.48. The summed E-state index contributed by atoms with van der Waals surface area (Å²) in [4.78, 5) is 4.48. The highest BCUT2D eigenvalue weighted by molar-refractivity contribution is 5.28. The van der Waals surface area contributed by atoms with E-state index in [1.165, 1.54) is 30.5 Å². The van der Waals surface area contributed by atoms with Crippen LogP contribution in [0.3, 0.4) is 0 Å². The first-order valence-corrected chi connectivity index (χ1v) is 5.53. The van der Waals surface area contributed by atoms with Gasteiger partial charge in [0.2, 0.25) is 0 Å². The fourth-order valence-corrected chi connectivity index (χ4v) is 2.51. The number of hydrogen-bond acceptors (Lipinski definition) is 1. The molecular weight excluding hydrogens is 170 g/mol. The Kier molecular flexibility index (Phi) is 2.34. The Balaban J connectivity index is 2.41. The molecule has 0 amide bonds. The first-order chi connectivity index (χ1) is 6.59. The number of fused-ring (bicyclic) bond motifs is 1. The van der Waals surface area contributed by atoms with Gasteiger partial charge in [0, 0.05) is 11.9 Å². The highest BCUT2D eigenvalue weighted by atomic mass is 14.7. The molecule has 76 valence electrons. The topological polar surface area (TPSA) is 12.9 Å². The van der Waals surface area contributed by atoms with Crippen molar-refractivity contribution in [3.63, 3.8) is 0 Å². The number of rotatable bonds is 0. The summed E-state index contributed by atoms with van der Waals surface area (Å²) in [6, 6.07) is 4.33. The quantitative estimate of drug-likeness (QED) is 0.608. The van der Waals surface area contributed by atoms with Gasteiger partial charge < -0.3 is 0 Å². The minimum absolute atomic E-state index is 0.373. The third-order valence-electron chi connectivity index (χ3n) is 3.25. The minimum Gasteiger partial charge on any atom is -0.261 e. The van der Waals surface area contributed by atoms with E-state index in [0.29, 0.717) is 11.3 Å². The van der Waals surface area contributed by atoms with Gasteiger partial charge in [-0.05, 0) is 42.2 Å². The first-order valence-electron chi connectivity index (χ1n) is 5.53. The van der Waals surface area contributed by atoms with Gasteiger partial charge in [-0.3, -0.25) is 4.98 Å². The molecule has 0 fully saturated rings. The molecule has 1 heterocycles. The molecule has 0 aromatic carbocycles. The first kappa shape index (κ1) is 9.70. The summed E-state index contributed by atoms with van der Waals surface area (Å²) in [6.45, 7) is 7.00. The van der Waals surface area contributed by atoms with Gasteiger partial charge in [0.1, 0.15) is 0 Å². The number of hydrogen-bond donors (Lipinski definition) is 0. The average Bonchev–Trinajstić information content (AvgIpc) is 2.15. The van der Waals surface area contributed by atoms with Gasteiger partial charge in [-0.2, -0.15) is 0 Å². The van der Waals surface area contributed by atoms with Gasteiger partial charge in [0.25, 0.3) is 0 Å². The van der Waals surface area contributed by atoms with Crippen LogP contribution in [0.5, 0.6) is 0 Å². The monoisotopic (exact) mass is 189 g/mol. The van der Waals surface area contributed by atoms with Crippen LogP contribution < -0.4 is 0 Å². The van der Waals surface area contributed by atoms with Crippen LogP contribution in [0.25, 0.3) is 0 Å². The Labute approximate surface area is 86.6 Å². The van der Waals surface area contributed by atoms with Gasteiger partial charge in [-0.15, -0.1) is 0 Å². The Morgan fingerprint density at radius 3 is 2.86 bits per heavy atom. The lowest BCUT2D eigenvalue weighted by Crippen LogP contribution is -2.23. The zero-order valence-corrected chi connectivity index (χ0v) is 9.38. The van der Waals surface area contributed by atoms with Crippen molar-refractivity contribution in [3.05, 3.63) is 29.6 Å². The molecule has 0 aliphatic heterocycles. The largest absolute Gasteiger partial charge is 0.261 e. The van der Waals surface area contributed by atoms with Crippen LogP contribution >= 0.6 is 0 Å². The molecule has 1 heteroatoms. The Morgan fingerprint density at radius 2 is 2.14 bits per heavy atom. The number of pyridine rings is 1. The number of aryl methyl sites for hydroxylation is 1. The van der Waals surface area contributed by atoms with E-state index < -0.39 is 0 Å². The second-order valence-electron chi connectivity index (χ2n) is 5.35. The zero-order chi connectivity index (χ0) is 10.2. The van der Waals surface area contributed by atoms with Crippen molar-refractivity contribution in [1.82, 2.24) is 4.98 Å². The molecule has 1 atom stereocenters. The van der Waals surface area contributed by atoms with Gasteiger partial charge in [0.05, 0.1) is 0 Å². The molecule has 0 radical (unpaired) electrons. The lowest BCUT2D eigenvalue weighted by Gasteiger charge is -2.35. The SMILES string of the molecule is CC(C)(C)C1CCCc2ncccc21. The Morgan fingerprint density at radius 1 is 1.36 bits per heavy atom. The van der Waals surface area contributed by atoms with Crippen LogP contribution in [-0.2, 0) is 6.42 Å². The predicted molar refractivity (Wildman–Crippen MR) is 59.4 cm³/mol. The molecule has 1 aromatic rings. The van der Waals surface area contributed by atoms with Crippen molar-refractivity contribution in [3.8, 4) is 0 Å². The van der Waals surface area contributed by atoms with E-state index >= 15 is 0 Å². The summed E-state index contributed by atoms with van der Waals surface area (Å²) < 4.78 is 0. The second-order valence-corrected chi connectivity index (χ2v) is 5.35. The van der Waals surface area contributed by atoms with Gasteiger partial charge in [-0.1, -0.05) is 26.8 Å². The molecule has 1 aliphatic carbocycles. The summed E-state index contributed by atoms with van der Waals surface area (Å²) in [5.41, 5.74) is 3.20. The van der Waals surface area contributed by atoms with Crippen molar-refractivity contribution in [2.45, 2.75) is 46.0 Å². The molecule has 0 N–H and O–H groups in total. The van der Waals surface area contributed by atoms with Crippen LogP contribution in [0.2, 0.25) is 0 Å². The highest BCUT2D eigenvalue weighted by Crippen LogP contribution is 2.42. The number of aromatic nitrogens is 1. The lowest BCUT2D eigenvalue weighted by atomic mass is 9.70. The van der Waals surface area contributed by atoms with Crippen molar-refractivity contribution in [2.75, 3.05) is 0 Å². The van der Waals surface area contributed by atoms with Crippen molar-refractivity contribution in [1.29, 1.82) is 0 Å². The van der Waals surface area contributed by atoms with E-state index in [0.717, 1.165) is 0 Å². The maximum atomic E-state index is 4.48. The third-order valence-corrected chi connectivity index (χ3v) is 3.25. The second kappa shape index (κ2) is 3.38. The Bertz CT molecular complexity index is 322. The van der Waals surface area contributed by atoms with Crippen LogP contribution in [0.1, 0.15) is 50.8 Å². The summed E-state index contributed by atoms with van der Waals surface area (Å²) in [6.07, 6.45) is 5.71. The standard InChI is InChI=1S/C13H19N/c1-13(2,3)11-7-4-8-12-10(11)6-5-9-14-12/h5-6,9,11H,4,7-8H2,1-3H3. The maximum Gasteiger partial charge on any atom is 0.0438 e. The summed E-state index contributed by atoms with van der Waals surface area (Å²) >= 11 is 0. The van der Waals surface area contributed by atoms with E-state index in [1.54, 1.807) is 0 Å². The molecule has 1 aliphatic rings. The summed E-state index contributed by atoms with van der Waals surface area (Å²) in [5, 5.41) is 0. The fraction of sp³-hybridized carbons (Fsp3) is 0.615. The van der Waals surface area contributed by atoms with Crippen LogP contribution in [0.15, 0.2) is 18.3 Å². The van der Waals surface area contributed by atoms with Crippen LogP contribution in [0.4, 0.5) is 0 Å². The van der Waals surface area contributed by atoms with Crippen molar-refractivity contribution in [2.24, 2.45) is 5.41 Å².